The van der Waals surface area contributed by atoms with Gasteiger partial charge in [-0.3, -0.25) is 4.79 Å². The summed E-state index contributed by atoms with van der Waals surface area (Å²) in [5, 5.41) is 13.1. The second-order valence-corrected chi connectivity index (χ2v) is 3.32. The average Bonchev–Trinajstić information content (AvgIpc) is 2.20. The maximum Gasteiger partial charge on any atom is 0.311 e. The third kappa shape index (κ3) is 2.16. The van der Waals surface area contributed by atoms with Crippen LogP contribution in [0.25, 0.3) is 10.4 Å². The van der Waals surface area contributed by atoms with Gasteiger partial charge in [0, 0.05) is 4.91 Å². The summed E-state index contributed by atoms with van der Waals surface area (Å²) in [6, 6.07) is -0.502. The van der Waals surface area contributed by atoms with Crippen LogP contribution in [-0.4, -0.2) is 30.3 Å². The van der Waals surface area contributed by atoms with Gasteiger partial charge in [0.25, 0.3) is 0 Å². The van der Waals surface area contributed by atoms with Gasteiger partial charge >= 0.3 is 5.97 Å². The first-order chi connectivity index (χ1) is 6.70. The Kier molecular flexibility index (Phi) is 3.73. The largest absolute Gasteiger partial charge is 0.469 e. The Morgan fingerprint density at radius 3 is 2.93 bits per heavy atom. The van der Waals surface area contributed by atoms with Crippen molar-refractivity contribution in [2.24, 2.45) is 11.0 Å². The molecule has 0 aromatic rings. The number of hydrogen-bond acceptors (Lipinski definition) is 4. The minimum absolute atomic E-state index is 0.435. The summed E-state index contributed by atoms with van der Waals surface area (Å²) >= 11 is 0. The zero-order valence-electron chi connectivity index (χ0n) is 7.96. The van der Waals surface area contributed by atoms with Crippen LogP contribution in [0.3, 0.4) is 0 Å². The Morgan fingerprint density at radius 1 is 1.64 bits per heavy atom. The van der Waals surface area contributed by atoms with Crippen LogP contribution in [0.4, 0.5) is 0 Å². The molecule has 0 aromatic heterocycles. The summed E-state index contributed by atoms with van der Waals surface area (Å²) in [4.78, 5) is 13.9. The first-order valence-corrected chi connectivity index (χ1v) is 4.50. The van der Waals surface area contributed by atoms with E-state index in [9.17, 15) is 9.90 Å². The van der Waals surface area contributed by atoms with E-state index in [0.717, 1.165) is 6.42 Å². The number of aliphatic hydroxyl groups excluding tert-OH is 1. The van der Waals surface area contributed by atoms with Crippen LogP contribution in [-0.2, 0) is 9.53 Å². The zero-order valence-corrected chi connectivity index (χ0v) is 7.96. The second-order valence-electron chi connectivity index (χ2n) is 3.32. The number of azide groups is 1. The second kappa shape index (κ2) is 4.83. The predicted molar refractivity (Wildman–Crippen MR) is 48.3 cm³/mol. The fourth-order valence-electron chi connectivity index (χ4n) is 1.76. The molecule has 0 heterocycles. The van der Waals surface area contributed by atoms with Gasteiger partial charge in [-0.25, -0.2) is 0 Å². The van der Waals surface area contributed by atoms with Gasteiger partial charge in [0.2, 0.25) is 0 Å². The monoisotopic (exact) mass is 199 g/mol. The minimum Gasteiger partial charge on any atom is -0.469 e. The van der Waals surface area contributed by atoms with Crippen molar-refractivity contribution in [3.05, 3.63) is 10.4 Å². The molecule has 6 heteroatoms. The molecule has 3 atom stereocenters. The van der Waals surface area contributed by atoms with Crippen LogP contribution in [0.1, 0.15) is 19.3 Å². The maximum absolute atomic E-state index is 11.2. The molecule has 78 valence electrons. The van der Waals surface area contributed by atoms with Gasteiger partial charge in [-0.05, 0) is 18.4 Å². The maximum atomic E-state index is 11.2. The summed E-state index contributed by atoms with van der Waals surface area (Å²) in [7, 11) is 1.28. The van der Waals surface area contributed by atoms with E-state index < -0.39 is 24.0 Å². The number of carbonyl (C=O) groups is 1. The van der Waals surface area contributed by atoms with Crippen LogP contribution in [0.5, 0.6) is 0 Å². The number of ether oxygens (including phenoxy) is 1. The Bertz CT molecular complexity index is 263. The van der Waals surface area contributed by atoms with Gasteiger partial charge in [0.05, 0.1) is 25.2 Å². The van der Waals surface area contributed by atoms with Crippen molar-refractivity contribution in [1.82, 2.24) is 0 Å². The van der Waals surface area contributed by atoms with E-state index in [1.54, 1.807) is 0 Å². The summed E-state index contributed by atoms with van der Waals surface area (Å²) in [5.41, 5.74) is 8.25. The molecular weight excluding hydrogens is 186 g/mol. The van der Waals surface area contributed by atoms with Crippen LogP contribution < -0.4 is 0 Å². The van der Waals surface area contributed by atoms with Crippen molar-refractivity contribution in [3.63, 3.8) is 0 Å². The molecule has 3 unspecified atom stereocenters. The average molecular weight is 199 g/mol. The van der Waals surface area contributed by atoms with E-state index in [2.05, 4.69) is 14.8 Å². The molecule has 1 aliphatic carbocycles. The Balaban J connectivity index is 2.70. The van der Waals surface area contributed by atoms with Gasteiger partial charge in [-0.1, -0.05) is 11.5 Å². The molecule has 14 heavy (non-hydrogen) atoms. The molecule has 1 aliphatic rings. The highest BCUT2D eigenvalue weighted by Crippen LogP contribution is 2.27. The molecule has 1 fully saturated rings. The van der Waals surface area contributed by atoms with Crippen molar-refractivity contribution in [3.8, 4) is 0 Å². The van der Waals surface area contributed by atoms with Crippen molar-refractivity contribution in [1.29, 1.82) is 0 Å². The third-order valence-corrected chi connectivity index (χ3v) is 2.53. The molecule has 0 radical (unpaired) electrons. The summed E-state index contributed by atoms with van der Waals surface area (Å²) < 4.78 is 4.55. The first kappa shape index (κ1) is 10.8. The Morgan fingerprint density at radius 2 is 2.36 bits per heavy atom. The summed E-state index contributed by atoms with van der Waals surface area (Å²) in [6.07, 6.45) is 1.07. The number of aliphatic hydroxyl groups is 1. The topological polar surface area (TPSA) is 95.3 Å². The lowest BCUT2D eigenvalue weighted by molar-refractivity contribution is -0.151. The Hall–Kier alpha value is -1.26. The molecular formula is C8H13N3O3. The molecule has 0 saturated heterocycles. The van der Waals surface area contributed by atoms with Crippen LogP contribution in [0.15, 0.2) is 5.11 Å². The minimum atomic E-state index is -0.910. The van der Waals surface area contributed by atoms with E-state index in [0.29, 0.717) is 12.8 Å². The van der Waals surface area contributed by atoms with Gasteiger partial charge in [0.1, 0.15) is 0 Å². The SMILES string of the molecule is COC(=O)C1CCCC(N=[N+]=[N-])C1O. The quantitative estimate of drug-likeness (QED) is 0.311. The van der Waals surface area contributed by atoms with E-state index in [4.69, 9.17) is 5.53 Å². The standard InChI is InChI=1S/C8H13N3O3/c1-14-8(13)5-3-2-4-6(7(5)12)10-11-9/h5-7,12H,2-4H2,1H3. The molecule has 0 bridgehead atoms. The number of nitrogens with zero attached hydrogens (tertiary/aromatic N) is 3. The van der Waals surface area contributed by atoms with E-state index in [1.807, 2.05) is 0 Å². The molecule has 0 aliphatic heterocycles. The fraction of sp³-hybridized carbons (Fsp3) is 0.875. The first-order valence-electron chi connectivity index (χ1n) is 4.50. The molecule has 1 saturated carbocycles. The summed E-state index contributed by atoms with van der Waals surface area (Å²) in [6.45, 7) is 0. The molecule has 0 spiro atoms. The lowest BCUT2D eigenvalue weighted by atomic mass is 9.83. The van der Waals surface area contributed by atoms with Crippen LogP contribution in [0, 0.1) is 5.92 Å². The molecule has 1 rings (SSSR count). The number of methoxy groups -OCH3 is 1. The highest BCUT2D eigenvalue weighted by Gasteiger charge is 2.36. The molecule has 6 nitrogen and oxygen atoms in total. The fourth-order valence-corrected chi connectivity index (χ4v) is 1.76. The van der Waals surface area contributed by atoms with E-state index >= 15 is 0 Å². The zero-order chi connectivity index (χ0) is 10.6. The Labute approximate surface area is 81.5 Å². The number of carbonyl (C=O) groups excluding carboxylic acids is 1. The molecule has 1 N–H and O–H groups in total. The number of hydrogen-bond donors (Lipinski definition) is 1. The highest BCUT2D eigenvalue weighted by atomic mass is 16.5. The van der Waals surface area contributed by atoms with Crippen LogP contribution >= 0.6 is 0 Å². The number of rotatable bonds is 2. The molecule has 0 aromatic carbocycles. The summed E-state index contributed by atoms with van der Waals surface area (Å²) in [5.74, 6) is -0.986. The van der Waals surface area contributed by atoms with Gasteiger partial charge in [-0.15, -0.1) is 0 Å². The molecule has 0 amide bonds. The normalized spacial score (nSPS) is 31.7. The van der Waals surface area contributed by atoms with Crippen molar-refractivity contribution in [2.45, 2.75) is 31.4 Å². The number of esters is 1. The lowest BCUT2D eigenvalue weighted by Crippen LogP contribution is -2.40. The third-order valence-electron chi connectivity index (χ3n) is 2.53. The van der Waals surface area contributed by atoms with E-state index in [1.165, 1.54) is 7.11 Å². The van der Waals surface area contributed by atoms with Crippen molar-refractivity contribution < 1.29 is 14.6 Å². The van der Waals surface area contributed by atoms with Gasteiger partial charge in [-0.2, -0.15) is 0 Å². The van der Waals surface area contributed by atoms with E-state index in [-0.39, 0.29) is 0 Å². The predicted octanol–water partition coefficient (Wildman–Crippen LogP) is 0.999. The van der Waals surface area contributed by atoms with Crippen molar-refractivity contribution >= 4 is 5.97 Å². The highest BCUT2D eigenvalue weighted by molar-refractivity contribution is 5.73. The van der Waals surface area contributed by atoms with Gasteiger partial charge in [0.15, 0.2) is 0 Å². The smallest absolute Gasteiger partial charge is 0.311 e. The van der Waals surface area contributed by atoms with Crippen molar-refractivity contribution in [2.75, 3.05) is 7.11 Å². The lowest BCUT2D eigenvalue weighted by Gasteiger charge is -2.30. The van der Waals surface area contributed by atoms with Crippen LogP contribution in [0.2, 0.25) is 0 Å². The van der Waals surface area contributed by atoms with Gasteiger partial charge < -0.3 is 9.84 Å².